The molecule has 0 bridgehead atoms. The van der Waals surface area contributed by atoms with Crippen molar-refractivity contribution >= 4 is 55.8 Å². The predicted molar refractivity (Wildman–Crippen MR) is 103 cm³/mol. The van der Waals surface area contributed by atoms with Crippen LogP contribution >= 0.6 is 49.9 Å². The minimum absolute atomic E-state index is 0.0330. The Morgan fingerprint density at radius 1 is 1.27 bits per heavy atom. The monoisotopic (exact) mass is 485 g/mol. The maximum atomic E-state index is 12.4. The molecule has 0 saturated heterocycles. The van der Waals surface area contributed by atoms with Crippen molar-refractivity contribution in [1.82, 2.24) is 5.32 Å². The van der Waals surface area contributed by atoms with Gasteiger partial charge in [0, 0.05) is 16.1 Å². The number of nitrogens with one attached hydrogen (secondary N) is 1. The largest absolute Gasteiger partial charge is 0.325 e. The van der Waals surface area contributed by atoms with Gasteiger partial charge in [-0.15, -0.1) is 11.3 Å². The molecule has 1 unspecified atom stereocenters. The molecular formula is C17H13BrINOS. The fourth-order valence-corrected chi connectivity index (χ4v) is 4.16. The molecule has 1 aromatic carbocycles. The Labute approximate surface area is 155 Å². The van der Waals surface area contributed by atoms with Crippen molar-refractivity contribution in [2.45, 2.75) is 12.3 Å². The van der Waals surface area contributed by atoms with E-state index in [0.717, 1.165) is 25.0 Å². The second-order valence-electron chi connectivity index (χ2n) is 4.95. The van der Waals surface area contributed by atoms with Crippen molar-refractivity contribution in [3.05, 3.63) is 78.1 Å². The molecule has 112 valence electrons. The fourth-order valence-electron chi connectivity index (χ4n) is 2.42. The van der Waals surface area contributed by atoms with Crippen molar-refractivity contribution in [2.75, 3.05) is 0 Å². The molecule has 0 saturated carbocycles. The molecule has 0 fully saturated rings. The van der Waals surface area contributed by atoms with Crippen LogP contribution < -0.4 is 5.32 Å². The molecule has 1 atom stereocenters. The topological polar surface area (TPSA) is 29.1 Å². The Morgan fingerprint density at radius 3 is 2.73 bits per heavy atom. The maximum Gasteiger partial charge on any atom is 0.257 e. The number of allylic oxidation sites excluding steroid dienone is 4. The summed E-state index contributed by atoms with van der Waals surface area (Å²) in [5, 5.41) is 5.03. The zero-order valence-electron chi connectivity index (χ0n) is 11.6. The normalized spacial score (nSPS) is 17.2. The molecule has 1 heterocycles. The molecule has 1 aliphatic carbocycles. The van der Waals surface area contributed by atoms with Crippen LogP contribution in [0.3, 0.4) is 0 Å². The maximum absolute atomic E-state index is 12.4. The van der Waals surface area contributed by atoms with Crippen LogP contribution in [0.4, 0.5) is 0 Å². The summed E-state index contributed by atoms with van der Waals surface area (Å²) in [5.74, 6) is 0.160. The van der Waals surface area contributed by atoms with Crippen LogP contribution in [-0.4, -0.2) is 5.91 Å². The number of hydrogen-bond acceptors (Lipinski definition) is 2. The van der Waals surface area contributed by atoms with E-state index in [4.69, 9.17) is 0 Å². The lowest BCUT2D eigenvalue weighted by Crippen LogP contribution is -2.27. The van der Waals surface area contributed by atoms with Gasteiger partial charge in [-0.05, 0) is 64.2 Å². The quantitative estimate of drug-likeness (QED) is 0.573. The number of hydrogen-bond donors (Lipinski definition) is 1. The van der Waals surface area contributed by atoms with Crippen molar-refractivity contribution in [1.29, 1.82) is 0 Å². The first-order chi connectivity index (χ1) is 10.6. The van der Waals surface area contributed by atoms with E-state index in [1.807, 2.05) is 35.7 Å². The molecule has 0 spiro atoms. The Kier molecular flexibility index (Phi) is 5.15. The molecule has 1 amide bonds. The lowest BCUT2D eigenvalue weighted by Gasteiger charge is -2.22. The molecule has 22 heavy (non-hydrogen) atoms. The Balaban J connectivity index is 1.82. The molecule has 1 N–H and O–H groups in total. The average molecular weight is 486 g/mol. The lowest BCUT2D eigenvalue weighted by atomic mass is 9.89. The minimum Gasteiger partial charge on any atom is -0.325 e. The lowest BCUT2D eigenvalue weighted by molar-refractivity contribution is 0.0963. The third kappa shape index (κ3) is 3.52. The first-order valence-electron chi connectivity index (χ1n) is 6.81. The summed E-state index contributed by atoms with van der Waals surface area (Å²) < 4.78 is 2.08. The van der Waals surface area contributed by atoms with Crippen molar-refractivity contribution in [3.63, 3.8) is 0 Å². The molecular weight excluding hydrogens is 473 g/mol. The first-order valence-corrected chi connectivity index (χ1v) is 9.57. The van der Waals surface area contributed by atoms with Gasteiger partial charge in [-0.3, -0.25) is 4.79 Å². The van der Waals surface area contributed by atoms with Crippen molar-refractivity contribution in [2.24, 2.45) is 0 Å². The summed E-state index contributed by atoms with van der Waals surface area (Å²) in [6.45, 7) is 0. The van der Waals surface area contributed by atoms with Crippen molar-refractivity contribution < 1.29 is 4.79 Å². The zero-order valence-corrected chi connectivity index (χ0v) is 16.1. The third-order valence-electron chi connectivity index (χ3n) is 3.55. The molecule has 1 aliphatic rings. The van der Waals surface area contributed by atoms with E-state index in [-0.39, 0.29) is 11.8 Å². The van der Waals surface area contributed by atoms with Gasteiger partial charge in [-0.1, -0.05) is 40.2 Å². The highest BCUT2D eigenvalue weighted by Crippen LogP contribution is 2.31. The van der Waals surface area contributed by atoms with Crippen molar-refractivity contribution in [3.8, 4) is 0 Å². The zero-order chi connectivity index (χ0) is 15.5. The third-order valence-corrected chi connectivity index (χ3v) is 6.12. The molecule has 2 aromatic rings. The SMILES string of the molecule is O=C(NC1=CC=CCC1c1ccc(Br)cc1)c1ccsc1I. The van der Waals surface area contributed by atoms with E-state index in [9.17, 15) is 4.79 Å². The summed E-state index contributed by atoms with van der Waals surface area (Å²) in [6, 6.07) is 10.1. The minimum atomic E-state index is -0.0330. The van der Waals surface area contributed by atoms with Gasteiger partial charge in [0.05, 0.1) is 8.45 Å². The van der Waals surface area contributed by atoms with Gasteiger partial charge >= 0.3 is 0 Å². The van der Waals surface area contributed by atoms with E-state index in [1.54, 1.807) is 11.3 Å². The highest BCUT2D eigenvalue weighted by Gasteiger charge is 2.21. The van der Waals surface area contributed by atoms with Gasteiger partial charge in [-0.25, -0.2) is 0 Å². The molecule has 3 rings (SSSR count). The first kappa shape index (κ1) is 16.0. The summed E-state index contributed by atoms with van der Waals surface area (Å²) in [7, 11) is 0. The number of carbonyl (C=O) groups is 1. The van der Waals surface area contributed by atoms with Gasteiger partial charge in [0.1, 0.15) is 0 Å². The summed E-state index contributed by atoms with van der Waals surface area (Å²) in [5.41, 5.74) is 2.91. The highest BCUT2D eigenvalue weighted by atomic mass is 127. The predicted octanol–water partition coefficient (Wildman–Crippen LogP) is 5.47. The number of halogens is 2. The van der Waals surface area contributed by atoms with Crippen LogP contribution in [0.15, 0.2) is 64.1 Å². The molecule has 5 heteroatoms. The number of thiophene rings is 1. The van der Waals surface area contributed by atoms with Crippen LogP contribution in [0.1, 0.15) is 28.3 Å². The molecule has 0 aliphatic heterocycles. The van der Waals surface area contributed by atoms with Crippen LogP contribution in [0.25, 0.3) is 0 Å². The van der Waals surface area contributed by atoms with E-state index in [0.29, 0.717) is 0 Å². The Hall–Kier alpha value is -0.920. The van der Waals surface area contributed by atoms with Crippen LogP contribution in [-0.2, 0) is 0 Å². The Bertz CT molecular complexity index is 748. The second kappa shape index (κ2) is 7.10. The smallest absolute Gasteiger partial charge is 0.257 e. The second-order valence-corrected chi connectivity index (χ2v) is 8.59. The Morgan fingerprint density at radius 2 is 2.05 bits per heavy atom. The summed E-state index contributed by atoms with van der Waals surface area (Å²) in [4.78, 5) is 12.4. The number of amides is 1. The van der Waals surface area contributed by atoms with Crippen LogP contribution in [0.2, 0.25) is 0 Å². The average Bonchev–Trinajstić information content (AvgIpc) is 2.95. The highest BCUT2D eigenvalue weighted by molar-refractivity contribution is 14.1. The van der Waals surface area contributed by atoms with E-state index in [1.165, 1.54) is 5.56 Å². The van der Waals surface area contributed by atoms with Gasteiger partial charge in [0.25, 0.3) is 5.91 Å². The van der Waals surface area contributed by atoms with E-state index < -0.39 is 0 Å². The molecule has 0 radical (unpaired) electrons. The van der Waals surface area contributed by atoms with E-state index >= 15 is 0 Å². The number of rotatable bonds is 3. The van der Waals surface area contributed by atoms with Gasteiger partial charge in [-0.2, -0.15) is 0 Å². The van der Waals surface area contributed by atoms with Crippen LogP contribution in [0, 0.1) is 2.88 Å². The van der Waals surface area contributed by atoms with Gasteiger partial charge in [0.2, 0.25) is 0 Å². The van der Waals surface area contributed by atoms with Gasteiger partial charge < -0.3 is 5.32 Å². The van der Waals surface area contributed by atoms with Gasteiger partial charge in [0.15, 0.2) is 0 Å². The number of benzene rings is 1. The molecule has 2 nitrogen and oxygen atoms in total. The summed E-state index contributed by atoms with van der Waals surface area (Å²) >= 11 is 7.25. The molecule has 1 aromatic heterocycles. The fraction of sp³-hybridized carbons (Fsp3) is 0.118. The van der Waals surface area contributed by atoms with Crippen LogP contribution in [0.5, 0.6) is 0 Å². The standard InChI is InChI=1S/C17H13BrINOS/c18-12-7-5-11(6-8-12)13-3-1-2-4-15(13)20-17(21)14-9-10-22-16(14)19/h1-2,4-10,13H,3H2,(H,20,21). The number of carbonyl (C=O) groups excluding carboxylic acids is 1. The summed E-state index contributed by atoms with van der Waals surface area (Å²) in [6.07, 6.45) is 7.03. The van der Waals surface area contributed by atoms with E-state index in [2.05, 4.69) is 62.0 Å².